The summed E-state index contributed by atoms with van der Waals surface area (Å²) in [5.74, 6) is -0.791. The van der Waals surface area contributed by atoms with Crippen LogP contribution >= 0.6 is 11.3 Å². The van der Waals surface area contributed by atoms with E-state index < -0.39 is 5.82 Å². The third-order valence-electron chi connectivity index (χ3n) is 2.04. The number of hydrogen-bond acceptors (Lipinski definition) is 3. The Morgan fingerprint density at radius 1 is 1.38 bits per heavy atom. The van der Waals surface area contributed by atoms with Crippen molar-refractivity contribution in [2.24, 2.45) is 0 Å². The molecule has 0 aliphatic rings. The predicted octanol–water partition coefficient (Wildman–Crippen LogP) is 2.72. The maximum Gasteiger partial charge on any atom is 0.257 e. The molecule has 1 aromatic carbocycles. The van der Waals surface area contributed by atoms with Crippen LogP contribution in [0.5, 0.6) is 0 Å². The number of anilines is 2. The first-order valence-corrected chi connectivity index (χ1v) is 5.49. The fraction of sp³-hybridized carbons (Fsp3) is 0. The zero-order chi connectivity index (χ0) is 11.5. The van der Waals surface area contributed by atoms with Crippen LogP contribution in [0.15, 0.2) is 35.0 Å². The standard InChI is InChI=1S/C11H9FN2OS/c12-7-1-2-9(10(13)5-7)11(15)14-8-3-4-16-6-8/h1-6H,13H2,(H,14,15). The van der Waals surface area contributed by atoms with E-state index in [0.29, 0.717) is 5.69 Å². The molecule has 82 valence electrons. The smallest absolute Gasteiger partial charge is 0.257 e. The van der Waals surface area contributed by atoms with Gasteiger partial charge in [0.1, 0.15) is 5.82 Å². The van der Waals surface area contributed by atoms with Gasteiger partial charge in [-0.3, -0.25) is 4.79 Å². The molecule has 0 saturated heterocycles. The molecule has 1 aromatic heterocycles. The number of carbonyl (C=O) groups excluding carboxylic acids is 1. The van der Waals surface area contributed by atoms with E-state index in [0.717, 1.165) is 6.07 Å². The van der Waals surface area contributed by atoms with Gasteiger partial charge in [-0.05, 0) is 29.6 Å². The second-order valence-corrected chi connectivity index (χ2v) is 3.98. The fourth-order valence-electron chi connectivity index (χ4n) is 1.27. The average molecular weight is 236 g/mol. The molecular weight excluding hydrogens is 227 g/mol. The Hall–Kier alpha value is -1.88. The molecule has 0 bridgehead atoms. The number of amides is 1. The average Bonchev–Trinajstić information content (AvgIpc) is 2.70. The van der Waals surface area contributed by atoms with Crippen LogP contribution in [-0.2, 0) is 0 Å². The normalized spacial score (nSPS) is 10.1. The Labute approximate surface area is 95.7 Å². The number of carbonyl (C=O) groups is 1. The summed E-state index contributed by atoms with van der Waals surface area (Å²) in [7, 11) is 0. The zero-order valence-corrected chi connectivity index (χ0v) is 9.05. The number of nitrogens with two attached hydrogens (primary N) is 1. The number of thiophene rings is 1. The molecule has 16 heavy (non-hydrogen) atoms. The highest BCUT2D eigenvalue weighted by molar-refractivity contribution is 7.08. The van der Waals surface area contributed by atoms with Gasteiger partial charge in [-0.15, -0.1) is 0 Å². The lowest BCUT2D eigenvalue weighted by atomic mass is 10.1. The zero-order valence-electron chi connectivity index (χ0n) is 8.24. The molecule has 0 fully saturated rings. The van der Waals surface area contributed by atoms with E-state index in [1.807, 2.05) is 5.38 Å². The molecule has 1 amide bonds. The van der Waals surface area contributed by atoms with Crippen molar-refractivity contribution in [2.45, 2.75) is 0 Å². The van der Waals surface area contributed by atoms with Gasteiger partial charge in [0.05, 0.1) is 11.3 Å². The molecule has 0 atom stereocenters. The first-order valence-electron chi connectivity index (χ1n) is 4.55. The SMILES string of the molecule is Nc1cc(F)ccc1C(=O)Nc1ccsc1. The van der Waals surface area contributed by atoms with Crippen molar-refractivity contribution >= 4 is 28.6 Å². The third-order valence-corrected chi connectivity index (χ3v) is 2.72. The molecule has 2 aromatic rings. The topological polar surface area (TPSA) is 55.1 Å². The first-order chi connectivity index (χ1) is 7.66. The molecule has 0 unspecified atom stereocenters. The summed E-state index contributed by atoms with van der Waals surface area (Å²) in [5, 5.41) is 6.32. The summed E-state index contributed by atoms with van der Waals surface area (Å²) >= 11 is 1.48. The van der Waals surface area contributed by atoms with Gasteiger partial charge in [-0.2, -0.15) is 11.3 Å². The monoisotopic (exact) mass is 236 g/mol. The van der Waals surface area contributed by atoms with E-state index in [4.69, 9.17) is 5.73 Å². The van der Waals surface area contributed by atoms with Crippen LogP contribution in [0.4, 0.5) is 15.8 Å². The summed E-state index contributed by atoms with van der Waals surface area (Å²) in [4.78, 5) is 11.7. The van der Waals surface area contributed by atoms with Gasteiger partial charge >= 0.3 is 0 Å². The Morgan fingerprint density at radius 3 is 2.81 bits per heavy atom. The summed E-state index contributed by atoms with van der Waals surface area (Å²) < 4.78 is 12.8. The Bertz CT molecular complexity index is 511. The van der Waals surface area contributed by atoms with E-state index in [9.17, 15) is 9.18 Å². The van der Waals surface area contributed by atoms with Gasteiger partial charge in [0.25, 0.3) is 5.91 Å². The minimum absolute atomic E-state index is 0.132. The maximum atomic E-state index is 12.8. The fourth-order valence-corrected chi connectivity index (χ4v) is 1.86. The Kier molecular flexibility index (Phi) is 2.87. The van der Waals surface area contributed by atoms with Crippen LogP contribution < -0.4 is 11.1 Å². The van der Waals surface area contributed by atoms with Gasteiger partial charge in [-0.1, -0.05) is 0 Å². The molecule has 1 heterocycles. The molecule has 3 N–H and O–H groups in total. The van der Waals surface area contributed by atoms with Crippen LogP contribution in [0.2, 0.25) is 0 Å². The van der Waals surface area contributed by atoms with E-state index in [-0.39, 0.29) is 17.2 Å². The highest BCUT2D eigenvalue weighted by Gasteiger charge is 2.10. The number of nitrogen functional groups attached to an aromatic ring is 1. The lowest BCUT2D eigenvalue weighted by Crippen LogP contribution is -2.13. The Balaban J connectivity index is 2.21. The van der Waals surface area contributed by atoms with Crippen molar-refractivity contribution in [3.8, 4) is 0 Å². The van der Waals surface area contributed by atoms with E-state index >= 15 is 0 Å². The van der Waals surface area contributed by atoms with Crippen molar-refractivity contribution in [1.29, 1.82) is 0 Å². The molecule has 0 saturated carbocycles. The number of rotatable bonds is 2. The summed E-state index contributed by atoms with van der Waals surface area (Å²) in [6.45, 7) is 0. The van der Waals surface area contributed by atoms with Crippen molar-refractivity contribution in [1.82, 2.24) is 0 Å². The van der Waals surface area contributed by atoms with Crippen molar-refractivity contribution < 1.29 is 9.18 Å². The van der Waals surface area contributed by atoms with Gasteiger partial charge in [-0.25, -0.2) is 4.39 Å². The quantitative estimate of drug-likeness (QED) is 0.788. The van der Waals surface area contributed by atoms with Crippen LogP contribution in [0.25, 0.3) is 0 Å². The lowest BCUT2D eigenvalue weighted by Gasteiger charge is -2.05. The van der Waals surface area contributed by atoms with Crippen molar-refractivity contribution in [3.05, 3.63) is 46.4 Å². The lowest BCUT2D eigenvalue weighted by molar-refractivity contribution is 0.102. The number of benzene rings is 1. The molecule has 0 radical (unpaired) electrons. The predicted molar refractivity (Wildman–Crippen MR) is 63.1 cm³/mol. The molecule has 5 heteroatoms. The van der Waals surface area contributed by atoms with Crippen molar-refractivity contribution in [3.63, 3.8) is 0 Å². The second kappa shape index (κ2) is 4.32. The number of halogens is 1. The highest BCUT2D eigenvalue weighted by Crippen LogP contribution is 2.17. The van der Waals surface area contributed by atoms with Crippen molar-refractivity contribution in [2.75, 3.05) is 11.1 Å². The van der Waals surface area contributed by atoms with Crippen LogP contribution in [0, 0.1) is 5.82 Å². The second-order valence-electron chi connectivity index (χ2n) is 3.20. The molecular formula is C11H9FN2OS. The minimum atomic E-state index is -0.454. The van der Waals surface area contributed by atoms with Gasteiger partial charge in [0, 0.05) is 11.1 Å². The highest BCUT2D eigenvalue weighted by atomic mass is 32.1. The Morgan fingerprint density at radius 2 is 2.19 bits per heavy atom. The van der Waals surface area contributed by atoms with Gasteiger partial charge in [0.2, 0.25) is 0 Å². The number of hydrogen-bond donors (Lipinski definition) is 2. The van der Waals surface area contributed by atoms with Gasteiger partial charge < -0.3 is 11.1 Å². The third kappa shape index (κ3) is 2.20. The van der Waals surface area contributed by atoms with E-state index in [2.05, 4.69) is 5.32 Å². The number of nitrogens with one attached hydrogen (secondary N) is 1. The summed E-state index contributed by atoms with van der Waals surface area (Å²) in [5.41, 5.74) is 6.66. The summed E-state index contributed by atoms with van der Waals surface area (Å²) in [6.07, 6.45) is 0. The van der Waals surface area contributed by atoms with E-state index in [1.54, 1.807) is 11.4 Å². The largest absolute Gasteiger partial charge is 0.398 e. The minimum Gasteiger partial charge on any atom is -0.398 e. The molecule has 0 spiro atoms. The van der Waals surface area contributed by atoms with Crippen LogP contribution in [-0.4, -0.2) is 5.91 Å². The summed E-state index contributed by atoms with van der Waals surface area (Å²) in [6, 6.07) is 5.48. The first kappa shape index (κ1) is 10.6. The molecule has 0 aliphatic heterocycles. The van der Waals surface area contributed by atoms with Gasteiger partial charge in [0.15, 0.2) is 0 Å². The molecule has 0 aliphatic carbocycles. The van der Waals surface area contributed by atoms with Crippen LogP contribution in [0.3, 0.4) is 0 Å². The van der Waals surface area contributed by atoms with Crippen LogP contribution in [0.1, 0.15) is 10.4 Å². The molecule has 3 nitrogen and oxygen atoms in total. The molecule has 2 rings (SSSR count). The van der Waals surface area contributed by atoms with E-state index in [1.165, 1.54) is 23.5 Å². The maximum absolute atomic E-state index is 12.8.